The van der Waals surface area contributed by atoms with Crippen molar-refractivity contribution in [1.82, 2.24) is 29.9 Å². The summed E-state index contributed by atoms with van der Waals surface area (Å²) < 4.78 is 1.66. The number of aryl methyl sites for hydroxylation is 2. The Labute approximate surface area is 191 Å². The van der Waals surface area contributed by atoms with Gasteiger partial charge in [-0.05, 0) is 44.4 Å². The number of benzene rings is 2. The Kier molecular flexibility index (Phi) is 5.50. The monoisotopic (exact) mass is 442 g/mol. The molecule has 168 valence electrons. The molecule has 0 bridgehead atoms. The van der Waals surface area contributed by atoms with Crippen molar-refractivity contribution in [2.45, 2.75) is 39.2 Å². The molecule has 1 amide bonds. The average Bonchev–Trinajstić information content (AvgIpc) is 3.23. The molecule has 1 atom stereocenters. The summed E-state index contributed by atoms with van der Waals surface area (Å²) in [5.74, 6) is 0.548. The number of nitrogens with one attached hydrogen (secondary N) is 1. The number of fused-ring (bicyclic) bond motifs is 1. The fourth-order valence-electron chi connectivity index (χ4n) is 4.39. The summed E-state index contributed by atoms with van der Waals surface area (Å²) in [4.78, 5) is 35.3. The molecule has 8 nitrogen and oxygen atoms in total. The lowest BCUT2D eigenvalue weighted by Crippen LogP contribution is -2.40. The largest absolute Gasteiger partial charge is 0.338 e. The molecule has 1 saturated heterocycles. The summed E-state index contributed by atoms with van der Waals surface area (Å²) in [7, 11) is 0. The van der Waals surface area contributed by atoms with Gasteiger partial charge >= 0.3 is 0 Å². The molecule has 0 saturated carbocycles. The van der Waals surface area contributed by atoms with E-state index in [9.17, 15) is 9.59 Å². The lowest BCUT2D eigenvalue weighted by molar-refractivity contribution is 0.0704. The van der Waals surface area contributed by atoms with E-state index in [2.05, 4.69) is 15.3 Å². The zero-order valence-electron chi connectivity index (χ0n) is 18.8. The van der Waals surface area contributed by atoms with Crippen LogP contribution >= 0.6 is 0 Å². The minimum absolute atomic E-state index is 0.0119. The molecule has 2 aromatic heterocycles. The van der Waals surface area contributed by atoms with E-state index in [0.29, 0.717) is 36.7 Å². The molecule has 1 aliphatic rings. The van der Waals surface area contributed by atoms with E-state index in [1.807, 2.05) is 67.3 Å². The van der Waals surface area contributed by atoms with Crippen molar-refractivity contribution in [2.75, 3.05) is 13.1 Å². The number of nitrogens with zero attached hydrogens (tertiary/aromatic N) is 5. The van der Waals surface area contributed by atoms with Crippen LogP contribution in [0.4, 0.5) is 0 Å². The number of carbonyl (C=O) groups is 1. The zero-order chi connectivity index (χ0) is 22.9. The molecule has 4 aromatic rings. The molecule has 0 radical (unpaired) electrons. The Morgan fingerprint density at radius 3 is 2.73 bits per heavy atom. The SMILES string of the molecule is Cc1ccc(Cn2nnc3c(=O)[nH]c(C4CCCN(C(=O)c5cccc(C)c5)C4)nc32)cc1. The summed E-state index contributed by atoms with van der Waals surface area (Å²) in [5.41, 5.74) is 4.39. The first kappa shape index (κ1) is 21.1. The highest BCUT2D eigenvalue weighted by molar-refractivity contribution is 5.94. The first-order valence-electron chi connectivity index (χ1n) is 11.2. The molecule has 1 N–H and O–H groups in total. The Hall–Kier alpha value is -3.81. The molecule has 3 heterocycles. The average molecular weight is 443 g/mol. The van der Waals surface area contributed by atoms with Gasteiger partial charge in [-0.3, -0.25) is 9.59 Å². The summed E-state index contributed by atoms with van der Waals surface area (Å²) >= 11 is 0. The smallest absolute Gasteiger partial charge is 0.281 e. The van der Waals surface area contributed by atoms with Crippen LogP contribution in [-0.4, -0.2) is 48.9 Å². The lowest BCUT2D eigenvalue weighted by Gasteiger charge is -2.32. The number of hydrogen-bond acceptors (Lipinski definition) is 5. The number of likely N-dealkylation sites (tertiary alicyclic amines) is 1. The minimum atomic E-state index is -0.299. The van der Waals surface area contributed by atoms with Crippen molar-refractivity contribution in [3.8, 4) is 0 Å². The van der Waals surface area contributed by atoms with Gasteiger partial charge in [0, 0.05) is 24.6 Å². The molecule has 8 heteroatoms. The zero-order valence-corrected chi connectivity index (χ0v) is 18.8. The van der Waals surface area contributed by atoms with Crippen molar-refractivity contribution >= 4 is 17.1 Å². The maximum absolute atomic E-state index is 13.1. The Bertz CT molecular complexity index is 1370. The van der Waals surface area contributed by atoms with Crippen molar-refractivity contribution in [1.29, 1.82) is 0 Å². The van der Waals surface area contributed by atoms with Gasteiger partial charge in [-0.15, -0.1) is 5.10 Å². The van der Waals surface area contributed by atoms with E-state index in [1.165, 1.54) is 5.56 Å². The van der Waals surface area contributed by atoms with E-state index >= 15 is 0 Å². The lowest BCUT2D eigenvalue weighted by atomic mass is 9.96. The maximum atomic E-state index is 13.1. The number of aromatic nitrogens is 5. The number of carbonyl (C=O) groups excluding carboxylic acids is 1. The van der Waals surface area contributed by atoms with Crippen LogP contribution in [0.5, 0.6) is 0 Å². The minimum Gasteiger partial charge on any atom is -0.338 e. The number of aromatic amines is 1. The maximum Gasteiger partial charge on any atom is 0.281 e. The number of rotatable bonds is 4. The molecule has 0 spiro atoms. The Morgan fingerprint density at radius 1 is 1.12 bits per heavy atom. The van der Waals surface area contributed by atoms with Crippen molar-refractivity contribution in [3.63, 3.8) is 0 Å². The van der Waals surface area contributed by atoms with Gasteiger partial charge in [0.15, 0.2) is 11.2 Å². The molecule has 5 rings (SSSR count). The molecular formula is C25H26N6O2. The van der Waals surface area contributed by atoms with Crippen molar-refractivity contribution in [2.24, 2.45) is 0 Å². The number of H-pyrrole nitrogens is 1. The Morgan fingerprint density at radius 2 is 1.94 bits per heavy atom. The third-order valence-corrected chi connectivity index (χ3v) is 6.21. The second-order valence-corrected chi connectivity index (χ2v) is 8.82. The molecular weight excluding hydrogens is 416 g/mol. The van der Waals surface area contributed by atoms with Crippen LogP contribution in [0, 0.1) is 13.8 Å². The van der Waals surface area contributed by atoms with Gasteiger partial charge in [-0.1, -0.05) is 52.7 Å². The fraction of sp³-hybridized carbons (Fsp3) is 0.320. The number of piperidine rings is 1. The third-order valence-electron chi connectivity index (χ3n) is 6.21. The van der Waals surface area contributed by atoms with Crippen LogP contribution in [-0.2, 0) is 6.54 Å². The van der Waals surface area contributed by atoms with Crippen LogP contribution < -0.4 is 5.56 Å². The van der Waals surface area contributed by atoms with Gasteiger partial charge in [-0.25, -0.2) is 9.67 Å². The summed E-state index contributed by atoms with van der Waals surface area (Å²) in [6, 6.07) is 15.8. The first-order valence-corrected chi connectivity index (χ1v) is 11.2. The predicted octanol–water partition coefficient (Wildman–Crippen LogP) is 3.20. The van der Waals surface area contributed by atoms with Gasteiger partial charge in [0.1, 0.15) is 5.82 Å². The van der Waals surface area contributed by atoms with Gasteiger partial charge < -0.3 is 9.88 Å². The highest BCUT2D eigenvalue weighted by Crippen LogP contribution is 2.26. The number of amides is 1. The highest BCUT2D eigenvalue weighted by Gasteiger charge is 2.28. The van der Waals surface area contributed by atoms with Gasteiger partial charge in [0.2, 0.25) is 0 Å². The second-order valence-electron chi connectivity index (χ2n) is 8.82. The normalized spacial score (nSPS) is 16.3. The van der Waals surface area contributed by atoms with E-state index in [4.69, 9.17) is 4.98 Å². The first-order chi connectivity index (χ1) is 16.0. The van der Waals surface area contributed by atoms with Crippen molar-refractivity contribution < 1.29 is 4.79 Å². The molecule has 2 aromatic carbocycles. The summed E-state index contributed by atoms with van der Waals surface area (Å²) in [5, 5.41) is 8.22. The quantitative estimate of drug-likeness (QED) is 0.524. The van der Waals surface area contributed by atoms with Gasteiger partial charge in [-0.2, -0.15) is 0 Å². The third kappa shape index (κ3) is 4.28. The van der Waals surface area contributed by atoms with Crippen molar-refractivity contribution in [3.05, 3.63) is 87.0 Å². The molecule has 0 aliphatic carbocycles. The van der Waals surface area contributed by atoms with Crippen LogP contribution in [0.2, 0.25) is 0 Å². The van der Waals surface area contributed by atoms with Gasteiger partial charge in [0.25, 0.3) is 11.5 Å². The molecule has 1 fully saturated rings. The second kappa shape index (κ2) is 8.61. The summed E-state index contributed by atoms with van der Waals surface area (Å²) in [6.07, 6.45) is 1.70. The molecule has 1 unspecified atom stereocenters. The van der Waals surface area contributed by atoms with E-state index in [-0.39, 0.29) is 22.9 Å². The van der Waals surface area contributed by atoms with Crippen LogP contribution in [0.3, 0.4) is 0 Å². The van der Waals surface area contributed by atoms with E-state index in [1.54, 1.807) is 4.68 Å². The Balaban J connectivity index is 1.42. The standard InChI is InChI=1S/C25H26N6O2/c1-16-8-10-18(11-9-16)14-31-23-21(28-29-31)24(32)27-22(26-23)20-7-4-12-30(15-20)25(33)19-6-3-5-17(2)13-19/h3,5-6,8-11,13,20H,4,7,12,14-15H2,1-2H3,(H,26,27,32). The highest BCUT2D eigenvalue weighted by atomic mass is 16.2. The molecule has 1 aliphatic heterocycles. The topological polar surface area (TPSA) is 96.8 Å². The molecule has 33 heavy (non-hydrogen) atoms. The van der Waals surface area contributed by atoms with Crippen LogP contribution in [0.25, 0.3) is 11.2 Å². The predicted molar refractivity (Wildman–Crippen MR) is 125 cm³/mol. The summed E-state index contributed by atoms with van der Waals surface area (Å²) in [6.45, 7) is 5.71. The van der Waals surface area contributed by atoms with E-state index in [0.717, 1.165) is 24.0 Å². The number of hydrogen-bond donors (Lipinski definition) is 1. The van der Waals surface area contributed by atoms with Gasteiger partial charge in [0.05, 0.1) is 6.54 Å². The van der Waals surface area contributed by atoms with E-state index < -0.39 is 0 Å². The fourth-order valence-corrected chi connectivity index (χ4v) is 4.39. The van der Waals surface area contributed by atoms with Crippen LogP contribution in [0.15, 0.2) is 53.3 Å². The van der Waals surface area contributed by atoms with Crippen LogP contribution in [0.1, 0.15) is 51.6 Å².